The van der Waals surface area contributed by atoms with E-state index in [1.165, 1.54) is 11.8 Å². The van der Waals surface area contributed by atoms with Gasteiger partial charge in [-0.2, -0.15) is 0 Å². The molecule has 0 aliphatic heterocycles. The molecule has 3 aromatic rings. The van der Waals surface area contributed by atoms with Crippen LogP contribution in [0.3, 0.4) is 0 Å². The van der Waals surface area contributed by atoms with Crippen LogP contribution in [0.2, 0.25) is 0 Å². The number of ether oxygens (including phenoxy) is 1. The van der Waals surface area contributed by atoms with Crippen molar-refractivity contribution in [1.82, 2.24) is 14.8 Å². The van der Waals surface area contributed by atoms with Gasteiger partial charge in [-0.1, -0.05) is 52.0 Å². The van der Waals surface area contributed by atoms with E-state index in [0.717, 1.165) is 21.5 Å². The van der Waals surface area contributed by atoms with Crippen LogP contribution in [0.1, 0.15) is 11.4 Å². The quantitative estimate of drug-likeness (QED) is 0.356. The van der Waals surface area contributed by atoms with Crippen LogP contribution in [-0.2, 0) is 17.9 Å². The van der Waals surface area contributed by atoms with Crippen molar-refractivity contribution in [2.45, 2.75) is 25.2 Å². The minimum absolute atomic E-state index is 0.0925. The number of carbonyl (C=O) groups is 1. The first-order valence-corrected chi connectivity index (χ1v) is 10.7. The van der Waals surface area contributed by atoms with Crippen LogP contribution in [0.15, 0.2) is 70.8 Å². The van der Waals surface area contributed by atoms with E-state index in [2.05, 4.69) is 38.0 Å². The number of anilines is 1. The third-order valence-corrected chi connectivity index (χ3v) is 5.53. The molecule has 1 amide bonds. The maximum atomic E-state index is 12.3. The second-order valence-corrected chi connectivity index (χ2v) is 8.05. The van der Waals surface area contributed by atoms with Gasteiger partial charge in [0.25, 0.3) is 0 Å². The van der Waals surface area contributed by atoms with Crippen LogP contribution in [-0.4, -0.2) is 26.4 Å². The third kappa shape index (κ3) is 5.95. The smallest absolute Gasteiger partial charge is 0.234 e. The van der Waals surface area contributed by atoms with E-state index in [1.807, 2.05) is 60.0 Å². The molecule has 3 rings (SSSR count). The molecule has 8 heteroatoms. The fourth-order valence-electron chi connectivity index (χ4n) is 2.55. The molecule has 1 aromatic heterocycles. The first-order valence-electron chi connectivity index (χ1n) is 8.96. The zero-order valence-electron chi connectivity index (χ0n) is 16.0. The molecule has 1 N–H and O–H groups in total. The minimum Gasteiger partial charge on any atom is -0.486 e. The van der Waals surface area contributed by atoms with E-state index in [9.17, 15) is 4.79 Å². The number of carbonyl (C=O) groups excluding carboxylic acids is 1. The Hall–Kier alpha value is -2.58. The number of allylic oxidation sites excluding steroid dienone is 1. The lowest BCUT2D eigenvalue weighted by Gasteiger charge is -2.10. The van der Waals surface area contributed by atoms with Crippen LogP contribution < -0.4 is 10.1 Å². The van der Waals surface area contributed by atoms with Gasteiger partial charge in [-0.3, -0.25) is 9.36 Å². The summed E-state index contributed by atoms with van der Waals surface area (Å²) in [6, 6.07) is 15.3. The summed E-state index contributed by atoms with van der Waals surface area (Å²) in [4.78, 5) is 12.3. The summed E-state index contributed by atoms with van der Waals surface area (Å²) in [7, 11) is 0. The zero-order chi connectivity index (χ0) is 20.6. The summed E-state index contributed by atoms with van der Waals surface area (Å²) in [5, 5.41) is 12.0. The molecule has 0 saturated heterocycles. The van der Waals surface area contributed by atoms with E-state index < -0.39 is 0 Å². The normalized spacial score (nSPS) is 10.6. The summed E-state index contributed by atoms with van der Waals surface area (Å²) < 4.78 is 8.69. The Balaban J connectivity index is 1.61. The van der Waals surface area contributed by atoms with Crippen LogP contribution >= 0.6 is 27.7 Å². The summed E-state index contributed by atoms with van der Waals surface area (Å²) in [5.74, 6) is 1.56. The SMILES string of the molecule is C=CCn1c(COc2ccc(Br)cc2)nnc1SCC(=O)Nc1ccccc1C. The van der Waals surface area contributed by atoms with Gasteiger partial charge in [0.05, 0.1) is 5.75 Å². The van der Waals surface area contributed by atoms with E-state index in [-0.39, 0.29) is 18.3 Å². The average molecular weight is 473 g/mol. The fourth-order valence-corrected chi connectivity index (χ4v) is 3.58. The predicted octanol–water partition coefficient (Wildman–Crippen LogP) is 4.84. The largest absolute Gasteiger partial charge is 0.486 e. The topological polar surface area (TPSA) is 69.0 Å². The van der Waals surface area contributed by atoms with Crippen molar-refractivity contribution < 1.29 is 9.53 Å². The lowest BCUT2D eigenvalue weighted by atomic mass is 10.2. The summed E-state index contributed by atoms with van der Waals surface area (Å²) in [6.45, 7) is 6.57. The van der Waals surface area contributed by atoms with Crippen LogP contribution in [0, 0.1) is 6.92 Å². The van der Waals surface area contributed by atoms with Gasteiger partial charge in [0, 0.05) is 16.7 Å². The fraction of sp³-hybridized carbons (Fsp3) is 0.190. The average Bonchev–Trinajstić information content (AvgIpc) is 3.10. The van der Waals surface area contributed by atoms with E-state index in [4.69, 9.17) is 4.74 Å². The highest BCUT2D eigenvalue weighted by Gasteiger charge is 2.14. The number of amides is 1. The highest BCUT2D eigenvalue weighted by molar-refractivity contribution is 9.10. The molecule has 0 unspecified atom stereocenters. The Labute approximate surface area is 182 Å². The molecule has 29 heavy (non-hydrogen) atoms. The number of aryl methyl sites for hydroxylation is 1. The van der Waals surface area contributed by atoms with Crippen molar-refractivity contribution in [2.24, 2.45) is 0 Å². The first-order chi connectivity index (χ1) is 14.1. The molecule has 0 radical (unpaired) electrons. The molecule has 150 valence electrons. The molecule has 2 aromatic carbocycles. The molecular weight excluding hydrogens is 452 g/mol. The van der Waals surface area contributed by atoms with Crippen LogP contribution in [0.4, 0.5) is 5.69 Å². The van der Waals surface area contributed by atoms with Crippen LogP contribution in [0.5, 0.6) is 5.75 Å². The predicted molar refractivity (Wildman–Crippen MR) is 119 cm³/mol. The summed E-state index contributed by atoms with van der Waals surface area (Å²) in [5.41, 5.74) is 1.84. The number of nitrogens with one attached hydrogen (secondary N) is 1. The molecule has 0 aliphatic carbocycles. The Morgan fingerprint density at radius 3 is 2.72 bits per heavy atom. The second-order valence-electron chi connectivity index (χ2n) is 6.19. The maximum absolute atomic E-state index is 12.3. The van der Waals surface area contributed by atoms with E-state index >= 15 is 0 Å². The lowest BCUT2D eigenvalue weighted by Crippen LogP contribution is -2.15. The molecule has 0 bridgehead atoms. The number of thioether (sulfide) groups is 1. The molecule has 1 heterocycles. The van der Waals surface area contributed by atoms with E-state index in [1.54, 1.807) is 6.08 Å². The van der Waals surface area contributed by atoms with Gasteiger partial charge in [-0.15, -0.1) is 16.8 Å². The van der Waals surface area contributed by atoms with Crippen molar-refractivity contribution in [1.29, 1.82) is 0 Å². The zero-order valence-corrected chi connectivity index (χ0v) is 18.4. The van der Waals surface area contributed by atoms with Crippen molar-refractivity contribution >= 4 is 39.3 Å². The van der Waals surface area contributed by atoms with Gasteiger partial charge in [-0.25, -0.2) is 0 Å². The molecule has 0 aliphatic rings. The standard InChI is InChI=1S/C21H21BrN4O2S/c1-3-12-26-19(13-28-17-10-8-16(22)9-11-17)24-25-21(26)29-14-20(27)23-18-7-5-4-6-15(18)2/h3-11H,1,12-14H2,2H3,(H,23,27). The molecular formula is C21H21BrN4O2S. The summed E-state index contributed by atoms with van der Waals surface area (Å²) >= 11 is 4.73. The van der Waals surface area contributed by atoms with Crippen molar-refractivity contribution in [2.75, 3.05) is 11.1 Å². The Kier molecular flexibility index (Phi) is 7.48. The maximum Gasteiger partial charge on any atom is 0.234 e. The molecule has 0 atom stereocenters. The minimum atomic E-state index is -0.0925. The van der Waals surface area contributed by atoms with Gasteiger partial charge in [0.1, 0.15) is 12.4 Å². The Morgan fingerprint density at radius 2 is 2.00 bits per heavy atom. The summed E-state index contributed by atoms with van der Waals surface area (Å²) in [6.07, 6.45) is 1.77. The van der Waals surface area contributed by atoms with Crippen molar-refractivity contribution in [3.63, 3.8) is 0 Å². The number of aromatic nitrogens is 3. The number of nitrogens with zero attached hydrogens (tertiary/aromatic N) is 3. The first kappa shape index (κ1) is 21.1. The molecule has 0 saturated carbocycles. The highest BCUT2D eigenvalue weighted by Crippen LogP contribution is 2.21. The lowest BCUT2D eigenvalue weighted by molar-refractivity contribution is -0.113. The third-order valence-electron chi connectivity index (χ3n) is 4.04. The van der Waals surface area contributed by atoms with Gasteiger partial charge in [0.15, 0.2) is 11.0 Å². The molecule has 6 nitrogen and oxygen atoms in total. The number of halogens is 1. The number of para-hydroxylation sites is 1. The van der Waals surface area contributed by atoms with E-state index in [0.29, 0.717) is 17.5 Å². The van der Waals surface area contributed by atoms with Crippen molar-refractivity contribution in [3.8, 4) is 5.75 Å². The highest BCUT2D eigenvalue weighted by atomic mass is 79.9. The van der Waals surface area contributed by atoms with Crippen LogP contribution in [0.25, 0.3) is 0 Å². The number of benzene rings is 2. The van der Waals surface area contributed by atoms with Gasteiger partial charge < -0.3 is 10.1 Å². The monoisotopic (exact) mass is 472 g/mol. The number of hydrogen-bond acceptors (Lipinski definition) is 5. The number of rotatable bonds is 9. The van der Waals surface area contributed by atoms with Crippen molar-refractivity contribution in [3.05, 3.63) is 77.0 Å². The Bertz CT molecular complexity index is 989. The second kappa shape index (κ2) is 10.3. The molecule has 0 fully saturated rings. The number of hydrogen-bond donors (Lipinski definition) is 1. The van der Waals surface area contributed by atoms with Gasteiger partial charge in [0.2, 0.25) is 5.91 Å². The molecule has 0 spiro atoms. The van der Waals surface area contributed by atoms with Gasteiger partial charge in [-0.05, 0) is 42.8 Å². The van der Waals surface area contributed by atoms with Gasteiger partial charge >= 0.3 is 0 Å². The Morgan fingerprint density at radius 1 is 1.24 bits per heavy atom.